The van der Waals surface area contributed by atoms with Crippen LogP contribution < -0.4 is 10.2 Å². The quantitative estimate of drug-likeness (QED) is 0.737. The fourth-order valence-corrected chi connectivity index (χ4v) is 1.97. The van der Waals surface area contributed by atoms with E-state index in [1.54, 1.807) is 7.11 Å². The Hall–Kier alpha value is -1.20. The molecule has 0 saturated heterocycles. The lowest BCUT2D eigenvalue weighted by molar-refractivity contribution is 0.199. The molecule has 0 spiro atoms. The van der Waals surface area contributed by atoms with Crippen LogP contribution in [-0.4, -0.2) is 43.3 Å². The summed E-state index contributed by atoms with van der Waals surface area (Å²) in [7, 11) is 3.78. The van der Waals surface area contributed by atoms with Crippen molar-refractivity contribution < 1.29 is 4.74 Å². The van der Waals surface area contributed by atoms with Gasteiger partial charge in [0, 0.05) is 51.2 Å². The van der Waals surface area contributed by atoms with Gasteiger partial charge in [0.15, 0.2) is 0 Å². The second-order valence-corrected chi connectivity index (χ2v) is 4.76. The number of rotatable bonds is 7. The van der Waals surface area contributed by atoms with E-state index in [-0.39, 0.29) is 0 Å². The minimum atomic E-state index is 0.635. The molecule has 1 N–H and O–H groups in total. The van der Waals surface area contributed by atoms with Crippen LogP contribution in [0.5, 0.6) is 0 Å². The molecule has 1 aliphatic carbocycles. The first-order valence-electron chi connectivity index (χ1n) is 6.54. The first-order chi connectivity index (χ1) is 8.81. The van der Waals surface area contributed by atoms with Crippen LogP contribution in [0.3, 0.4) is 0 Å². The van der Waals surface area contributed by atoms with Crippen molar-refractivity contribution in [3.05, 3.63) is 18.0 Å². The van der Waals surface area contributed by atoms with Gasteiger partial charge in [0.1, 0.15) is 0 Å². The molecule has 1 aliphatic rings. The van der Waals surface area contributed by atoms with E-state index in [2.05, 4.69) is 27.2 Å². The summed E-state index contributed by atoms with van der Waals surface area (Å²) in [4.78, 5) is 11.0. The summed E-state index contributed by atoms with van der Waals surface area (Å²) in [5.74, 6) is 0.834. The molecular weight excluding hydrogens is 228 g/mol. The van der Waals surface area contributed by atoms with Gasteiger partial charge >= 0.3 is 0 Å². The molecule has 1 saturated carbocycles. The van der Waals surface area contributed by atoms with Crippen LogP contribution in [0.1, 0.15) is 24.8 Å². The molecule has 5 nitrogen and oxygen atoms in total. The van der Waals surface area contributed by atoms with E-state index in [9.17, 15) is 0 Å². The van der Waals surface area contributed by atoms with Crippen LogP contribution in [0, 0.1) is 0 Å². The average Bonchev–Trinajstić information content (AvgIpc) is 2.33. The van der Waals surface area contributed by atoms with Crippen molar-refractivity contribution in [1.82, 2.24) is 15.3 Å². The Morgan fingerprint density at radius 1 is 1.39 bits per heavy atom. The zero-order valence-electron chi connectivity index (χ0n) is 11.2. The largest absolute Gasteiger partial charge is 0.383 e. The van der Waals surface area contributed by atoms with Crippen LogP contribution in [0.4, 0.5) is 5.95 Å². The Labute approximate surface area is 109 Å². The Morgan fingerprint density at radius 2 is 2.11 bits per heavy atom. The number of nitrogens with zero attached hydrogens (tertiary/aromatic N) is 3. The molecule has 1 aromatic heterocycles. The average molecular weight is 250 g/mol. The second-order valence-electron chi connectivity index (χ2n) is 4.76. The maximum Gasteiger partial charge on any atom is 0.225 e. The standard InChI is InChI=1S/C13H22N4O/c1-17(12-4-3-5-12)13-15-9-11(10-16-13)8-14-6-7-18-2/h9-10,12,14H,3-8H2,1-2H3. The SMILES string of the molecule is COCCNCc1cnc(N(C)C2CCC2)nc1. The van der Waals surface area contributed by atoms with E-state index in [1.165, 1.54) is 19.3 Å². The van der Waals surface area contributed by atoms with E-state index >= 15 is 0 Å². The topological polar surface area (TPSA) is 50.3 Å². The van der Waals surface area contributed by atoms with Gasteiger partial charge in [-0.05, 0) is 19.3 Å². The molecule has 0 radical (unpaired) electrons. The lowest BCUT2D eigenvalue weighted by Gasteiger charge is -2.34. The summed E-state index contributed by atoms with van der Waals surface area (Å²) < 4.78 is 4.98. The summed E-state index contributed by atoms with van der Waals surface area (Å²) >= 11 is 0. The third kappa shape index (κ3) is 3.40. The summed E-state index contributed by atoms with van der Waals surface area (Å²) in [6.07, 6.45) is 7.66. The van der Waals surface area contributed by atoms with E-state index in [4.69, 9.17) is 4.74 Å². The van der Waals surface area contributed by atoms with Crippen molar-refractivity contribution in [2.75, 3.05) is 32.2 Å². The van der Waals surface area contributed by atoms with Gasteiger partial charge < -0.3 is 15.0 Å². The smallest absolute Gasteiger partial charge is 0.225 e. The van der Waals surface area contributed by atoms with Crippen LogP contribution in [0.15, 0.2) is 12.4 Å². The van der Waals surface area contributed by atoms with Gasteiger partial charge in [0.2, 0.25) is 5.95 Å². The van der Waals surface area contributed by atoms with Crippen molar-refractivity contribution in [3.8, 4) is 0 Å². The molecule has 1 heterocycles. The molecule has 0 amide bonds. The normalized spacial score (nSPS) is 15.4. The second kappa shape index (κ2) is 6.66. The molecular formula is C13H22N4O. The lowest BCUT2D eigenvalue weighted by atomic mass is 9.92. The predicted molar refractivity (Wildman–Crippen MR) is 71.7 cm³/mol. The number of methoxy groups -OCH3 is 1. The first-order valence-corrected chi connectivity index (χ1v) is 6.54. The molecule has 100 valence electrons. The highest BCUT2D eigenvalue weighted by atomic mass is 16.5. The molecule has 18 heavy (non-hydrogen) atoms. The van der Waals surface area contributed by atoms with Crippen molar-refractivity contribution in [3.63, 3.8) is 0 Å². The third-order valence-electron chi connectivity index (χ3n) is 3.44. The maximum atomic E-state index is 4.98. The zero-order valence-corrected chi connectivity index (χ0v) is 11.2. The molecule has 5 heteroatoms. The highest BCUT2D eigenvalue weighted by Crippen LogP contribution is 2.25. The number of nitrogens with one attached hydrogen (secondary N) is 1. The lowest BCUT2D eigenvalue weighted by Crippen LogP contribution is -2.38. The minimum Gasteiger partial charge on any atom is -0.383 e. The fraction of sp³-hybridized carbons (Fsp3) is 0.692. The Morgan fingerprint density at radius 3 is 2.67 bits per heavy atom. The first kappa shape index (κ1) is 13.2. The van der Waals surface area contributed by atoms with Crippen molar-refractivity contribution in [1.29, 1.82) is 0 Å². The predicted octanol–water partition coefficient (Wildman–Crippen LogP) is 1.20. The van der Waals surface area contributed by atoms with E-state index < -0.39 is 0 Å². The third-order valence-corrected chi connectivity index (χ3v) is 3.44. The van der Waals surface area contributed by atoms with Gasteiger partial charge in [-0.2, -0.15) is 0 Å². The van der Waals surface area contributed by atoms with Crippen molar-refractivity contribution in [2.45, 2.75) is 31.8 Å². The Balaban J connectivity index is 1.81. The van der Waals surface area contributed by atoms with Gasteiger partial charge in [0.05, 0.1) is 6.61 Å². The monoisotopic (exact) mass is 250 g/mol. The van der Waals surface area contributed by atoms with E-state index in [1.807, 2.05) is 12.4 Å². The van der Waals surface area contributed by atoms with Crippen LogP contribution >= 0.6 is 0 Å². The molecule has 0 unspecified atom stereocenters. The summed E-state index contributed by atoms with van der Waals surface area (Å²) in [5.41, 5.74) is 1.11. The van der Waals surface area contributed by atoms with E-state index in [0.717, 1.165) is 31.2 Å². The Kier molecular flexibility index (Phi) is 4.90. The van der Waals surface area contributed by atoms with Crippen LogP contribution in [0.25, 0.3) is 0 Å². The number of hydrogen-bond donors (Lipinski definition) is 1. The summed E-state index contributed by atoms with van der Waals surface area (Å²) in [6.45, 7) is 2.36. The molecule has 1 aromatic rings. The number of aromatic nitrogens is 2. The molecule has 2 rings (SSSR count). The van der Waals surface area contributed by atoms with Gasteiger partial charge in [-0.25, -0.2) is 9.97 Å². The van der Waals surface area contributed by atoms with Gasteiger partial charge in [-0.1, -0.05) is 0 Å². The Bertz CT molecular complexity index is 351. The highest BCUT2D eigenvalue weighted by molar-refractivity contribution is 5.31. The molecule has 0 atom stereocenters. The molecule has 1 fully saturated rings. The van der Waals surface area contributed by atoms with E-state index in [0.29, 0.717) is 6.04 Å². The van der Waals surface area contributed by atoms with Gasteiger partial charge in [0.25, 0.3) is 0 Å². The molecule has 0 bridgehead atoms. The zero-order chi connectivity index (χ0) is 12.8. The van der Waals surface area contributed by atoms with Crippen LogP contribution in [0.2, 0.25) is 0 Å². The summed E-state index contributed by atoms with van der Waals surface area (Å²) in [6, 6.07) is 0.635. The van der Waals surface area contributed by atoms with Crippen LogP contribution in [-0.2, 0) is 11.3 Å². The molecule has 0 aliphatic heterocycles. The molecule has 0 aromatic carbocycles. The van der Waals surface area contributed by atoms with Crippen molar-refractivity contribution in [2.24, 2.45) is 0 Å². The van der Waals surface area contributed by atoms with Gasteiger partial charge in [-0.3, -0.25) is 0 Å². The fourth-order valence-electron chi connectivity index (χ4n) is 1.97. The minimum absolute atomic E-state index is 0.635. The maximum absolute atomic E-state index is 4.98. The number of anilines is 1. The number of hydrogen-bond acceptors (Lipinski definition) is 5. The summed E-state index contributed by atoms with van der Waals surface area (Å²) in [5, 5.41) is 3.28. The highest BCUT2D eigenvalue weighted by Gasteiger charge is 2.23. The van der Waals surface area contributed by atoms with Gasteiger partial charge in [-0.15, -0.1) is 0 Å². The number of ether oxygens (including phenoxy) is 1. The van der Waals surface area contributed by atoms with Crippen molar-refractivity contribution >= 4 is 5.95 Å².